The molecule has 1 aromatic heterocycles. The summed E-state index contributed by atoms with van der Waals surface area (Å²) in [6.07, 6.45) is 0. The van der Waals surface area contributed by atoms with Gasteiger partial charge in [0.2, 0.25) is 0 Å². The van der Waals surface area contributed by atoms with Crippen LogP contribution >= 0.6 is 0 Å². The Morgan fingerprint density at radius 1 is 1.24 bits per heavy atom. The van der Waals surface area contributed by atoms with E-state index in [4.69, 9.17) is 19.6 Å². The van der Waals surface area contributed by atoms with E-state index < -0.39 is 0 Å². The molecule has 0 saturated carbocycles. The lowest BCUT2D eigenvalue weighted by molar-refractivity contribution is 0.396. The van der Waals surface area contributed by atoms with Crippen molar-refractivity contribution in [2.75, 3.05) is 14.2 Å². The van der Waals surface area contributed by atoms with Gasteiger partial charge in [0.05, 0.1) is 25.6 Å². The van der Waals surface area contributed by atoms with E-state index in [1.54, 1.807) is 14.2 Å². The van der Waals surface area contributed by atoms with Crippen molar-refractivity contribution >= 4 is 11.0 Å². The molecular weight excluding hydrogens is 218 g/mol. The number of fused-ring (bicyclic) bond motifs is 1. The molecule has 0 aliphatic heterocycles. The van der Waals surface area contributed by atoms with Gasteiger partial charge in [-0.2, -0.15) is 0 Å². The summed E-state index contributed by atoms with van der Waals surface area (Å²) in [6.45, 7) is 3.88. The monoisotopic (exact) mass is 235 g/mol. The van der Waals surface area contributed by atoms with Crippen molar-refractivity contribution in [1.82, 2.24) is 0 Å². The van der Waals surface area contributed by atoms with Gasteiger partial charge in [0.25, 0.3) is 0 Å². The molecule has 2 N–H and O–H groups in total. The van der Waals surface area contributed by atoms with Gasteiger partial charge in [0.15, 0.2) is 0 Å². The molecule has 17 heavy (non-hydrogen) atoms. The Kier molecular flexibility index (Phi) is 2.98. The van der Waals surface area contributed by atoms with Crippen LogP contribution in [0.3, 0.4) is 0 Å². The number of benzene rings is 1. The number of nitrogens with two attached hydrogens (primary N) is 1. The lowest BCUT2D eigenvalue weighted by atomic mass is 10.1. The zero-order chi connectivity index (χ0) is 12.6. The van der Waals surface area contributed by atoms with E-state index >= 15 is 0 Å². The maximum absolute atomic E-state index is 5.87. The topological polar surface area (TPSA) is 57.6 Å². The van der Waals surface area contributed by atoms with Gasteiger partial charge in [-0.25, -0.2) is 0 Å². The first kappa shape index (κ1) is 11.8. The average molecular weight is 235 g/mol. The van der Waals surface area contributed by atoms with Crippen molar-refractivity contribution in [2.45, 2.75) is 19.9 Å². The molecule has 0 spiro atoms. The number of methoxy groups -OCH3 is 2. The maximum Gasteiger partial charge on any atom is 0.142 e. The van der Waals surface area contributed by atoms with E-state index in [9.17, 15) is 0 Å². The Hall–Kier alpha value is -1.68. The van der Waals surface area contributed by atoms with E-state index in [0.29, 0.717) is 5.75 Å². The summed E-state index contributed by atoms with van der Waals surface area (Å²) in [7, 11) is 3.25. The maximum atomic E-state index is 5.87. The van der Waals surface area contributed by atoms with Crippen molar-refractivity contribution in [3.05, 3.63) is 23.5 Å². The predicted octanol–water partition coefficient (Wildman–Crippen LogP) is 2.78. The third-order valence-corrected chi connectivity index (χ3v) is 2.87. The molecule has 1 unspecified atom stereocenters. The standard InChI is InChI=1S/C13H17NO3/c1-7-12-10(16-4)5-9(15-3)6-11(12)17-13(7)8(2)14/h5-6,8H,14H2,1-4H3. The number of rotatable bonds is 3. The molecule has 2 aromatic rings. The number of furan rings is 1. The molecule has 0 bridgehead atoms. The van der Waals surface area contributed by atoms with Crippen LogP contribution in [0.25, 0.3) is 11.0 Å². The summed E-state index contributed by atoms with van der Waals surface area (Å²) in [5.41, 5.74) is 7.64. The Balaban J connectivity index is 2.76. The molecule has 1 heterocycles. The van der Waals surface area contributed by atoms with Crippen molar-refractivity contribution in [2.24, 2.45) is 5.73 Å². The van der Waals surface area contributed by atoms with Gasteiger partial charge in [-0.3, -0.25) is 0 Å². The second-order valence-corrected chi connectivity index (χ2v) is 4.08. The second kappa shape index (κ2) is 4.30. The Labute approximate surface area is 100 Å². The number of ether oxygens (including phenoxy) is 2. The largest absolute Gasteiger partial charge is 0.496 e. The third kappa shape index (κ3) is 1.85. The van der Waals surface area contributed by atoms with Gasteiger partial charge >= 0.3 is 0 Å². The first-order chi connectivity index (χ1) is 8.08. The van der Waals surface area contributed by atoms with Crippen LogP contribution in [0.1, 0.15) is 24.3 Å². The van der Waals surface area contributed by atoms with E-state index in [1.807, 2.05) is 26.0 Å². The lowest BCUT2D eigenvalue weighted by Gasteiger charge is -2.05. The van der Waals surface area contributed by atoms with Gasteiger partial charge in [0.1, 0.15) is 22.8 Å². The molecule has 92 valence electrons. The third-order valence-electron chi connectivity index (χ3n) is 2.87. The smallest absolute Gasteiger partial charge is 0.142 e. The summed E-state index contributed by atoms with van der Waals surface area (Å²) >= 11 is 0. The first-order valence-corrected chi connectivity index (χ1v) is 5.49. The van der Waals surface area contributed by atoms with Gasteiger partial charge in [-0.15, -0.1) is 0 Å². The molecule has 4 heteroatoms. The molecule has 1 aromatic carbocycles. The van der Waals surface area contributed by atoms with Gasteiger partial charge < -0.3 is 19.6 Å². The van der Waals surface area contributed by atoms with Crippen molar-refractivity contribution in [1.29, 1.82) is 0 Å². The summed E-state index contributed by atoms with van der Waals surface area (Å²) in [4.78, 5) is 0. The minimum atomic E-state index is -0.141. The molecule has 0 aliphatic rings. The number of hydrogen-bond acceptors (Lipinski definition) is 4. The van der Waals surface area contributed by atoms with E-state index in [0.717, 1.165) is 28.0 Å². The molecule has 0 saturated heterocycles. The molecule has 0 radical (unpaired) electrons. The quantitative estimate of drug-likeness (QED) is 0.888. The summed E-state index contributed by atoms with van der Waals surface area (Å²) in [5.74, 6) is 2.23. The van der Waals surface area contributed by atoms with Gasteiger partial charge in [0, 0.05) is 17.7 Å². The van der Waals surface area contributed by atoms with E-state index in [2.05, 4.69) is 0 Å². The van der Waals surface area contributed by atoms with Crippen LogP contribution < -0.4 is 15.2 Å². The van der Waals surface area contributed by atoms with Crippen molar-refractivity contribution in [3.8, 4) is 11.5 Å². The Morgan fingerprint density at radius 2 is 1.94 bits per heavy atom. The fourth-order valence-electron chi connectivity index (χ4n) is 2.05. The van der Waals surface area contributed by atoms with Crippen LogP contribution in [-0.2, 0) is 0 Å². The highest BCUT2D eigenvalue weighted by Crippen LogP contribution is 2.38. The molecular formula is C13H17NO3. The van der Waals surface area contributed by atoms with Crippen LogP contribution in [0, 0.1) is 6.92 Å². The van der Waals surface area contributed by atoms with Crippen molar-refractivity contribution in [3.63, 3.8) is 0 Å². The zero-order valence-corrected chi connectivity index (χ0v) is 10.5. The highest BCUT2D eigenvalue weighted by molar-refractivity contribution is 5.89. The van der Waals surface area contributed by atoms with Crippen LogP contribution in [0.4, 0.5) is 0 Å². The highest BCUT2D eigenvalue weighted by Gasteiger charge is 2.18. The second-order valence-electron chi connectivity index (χ2n) is 4.08. The van der Waals surface area contributed by atoms with Crippen molar-refractivity contribution < 1.29 is 13.9 Å². The summed E-state index contributed by atoms with van der Waals surface area (Å²) in [5, 5.41) is 0.959. The summed E-state index contributed by atoms with van der Waals surface area (Å²) in [6, 6.07) is 3.55. The molecule has 2 rings (SSSR count). The van der Waals surface area contributed by atoms with Crippen LogP contribution in [0.5, 0.6) is 11.5 Å². The number of aryl methyl sites for hydroxylation is 1. The van der Waals surface area contributed by atoms with E-state index in [-0.39, 0.29) is 6.04 Å². The van der Waals surface area contributed by atoms with Gasteiger partial charge in [-0.05, 0) is 13.8 Å². The summed E-state index contributed by atoms with van der Waals surface area (Å²) < 4.78 is 16.3. The van der Waals surface area contributed by atoms with Crippen LogP contribution in [-0.4, -0.2) is 14.2 Å². The Bertz CT molecular complexity index is 543. The number of hydrogen-bond donors (Lipinski definition) is 1. The minimum Gasteiger partial charge on any atom is -0.496 e. The SMILES string of the molecule is COc1cc(OC)c2c(C)c(C(C)N)oc2c1. The fourth-order valence-corrected chi connectivity index (χ4v) is 2.05. The predicted molar refractivity (Wildman–Crippen MR) is 66.7 cm³/mol. The van der Waals surface area contributed by atoms with Crippen LogP contribution in [0.2, 0.25) is 0 Å². The highest BCUT2D eigenvalue weighted by atomic mass is 16.5. The molecule has 0 aliphatic carbocycles. The minimum absolute atomic E-state index is 0.141. The Morgan fingerprint density at radius 3 is 2.47 bits per heavy atom. The van der Waals surface area contributed by atoms with Gasteiger partial charge in [-0.1, -0.05) is 0 Å². The normalized spacial score (nSPS) is 12.8. The molecule has 0 fully saturated rings. The van der Waals surface area contributed by atoms with Crippen LogP contribution in [0.15, 0.2) is 16.5 Å². The fraction of sp³-hybridized carbons (Fsp3) is 0.385. The molecule has 4 nitrogen and oxygen atoms in total. The molecule has 0 amide bonds. The zero-order valence-electron chi connectivity index (χ0n) is 10.5. The van der Waals surface area contributed by atoms with E-state index in [1.165, 1.54) is 0 Å². The first-order valence-electron chi connectivity index (χ1n) is 5.49. The average Bonchev–Trinajstić information content (AvgIpc) is 2.65. The molecule has 1 atom stereocenters. The lowest BCUT2D eigenvalue weighted by Crippen LogP contribution is -2.04.